The summed E-state index contributed by atoms with van der Waals surface area (Å²) < 4.78 is 5.11. The van der Waals surface area contributed by atoms with E-state index in [1.54, 1.807) is 0 Å². The molecule has 5 rings (SSSR count). The normalized spacial score (nSPS) is 34.5. The van der Waals surface area contributed by atoms with Crippen molar-refractivity contribution in [2.45, 2.75) is 37.8 Å². The maximum Gasteiger partial charge on any atom is 0.328 e. The van der Waals surface area contributed by atoms with Crippen LogP contribution in [0.5, 0.6) is 0 Å². The van der Waals surface area contributed by atoms with Gasteiger partial charge in [0.2, 0.25) is 5.91 Å². The van der Waals surface area contributed by atoms with Crippen molar-refractivity contribution in [2.24, 2.45) is 23.5 Å². The molecule has 3 aliphatic rings. The van der Waals surface area contributed by atoms with Crippen LogP contribution >= 0.6 is 0 Å². The first-order valence-corrected chi connectivity index (χ1v) is 9.73. The lowest BCUT2D eigenvalue weighted by molar-refractivity contribution is -0.157. The smallest absolute Gasteiger partial charge is 0.328 e. The standard InChI is InChI=1S/C21H25N3O3/c1-11-9-21-15(14(11)10-22)8-18(25)24(21)17(20(26)27-2)7-13-12-5-3-4-6-16(12)23-19(13)21/h3-6,11,14-15,17,23H,7-10,22H2,1-2H3/t11-,14+,15-,17?,21?/m0/s1. The molecule has 3 N–H and O–H groups in total. The van der Waals surface area contributed by atoms with Crippen molar-refractivity contribution < 1.29 is 14.3 Å². The Hall–Kier alpha value is -2.34. The molecule has 1 aliphatic carbocycles. The van der Waals surface area contributed by atoms with Crippen LogP contribution in [0.2, 0.25) is 0 Å². The first kappa shape index (κ1) is 16.8. The highest BCUT2D eigenvalue weighted by Crippen LogP contribution is 2.62. The predicted octanol–water partition coefficient (Wildman–Crippen LogP) is 1.92. The highest BCUT2D eigenvalue weighted by atomic mass is 16.5. The molecule has 5 atom stereocenters. The lowest BCUT2D eigenvalue weighted by atomic mass is 9.76. The van der Waals surface area contributed by atoms with Gasteiger partial charge in [-0.15, -0.1) is 0 Å². The number of hydrogen-bond acceptors (Lipinski definition) is 4. The van der Waals surface area contributed by atoms with Crippen LogP contribution in [0.1, 0.15) is 31.0 Å². The van der Waals surface area contributed by atoms with E-state index in [2.05, 4.69) is 24.0 Å². The Balaban J connectivity index is 1.80. The lowest BCUT2D eigenvalue weighted by Gasteiger charge is -2.46. The van der Waals surface area contributed by atoms with Gasteiger partial charge in [0.05, 0.1) is 12.6 Å². The molecule has 6 nitrogen and oxygen atoms in total. The number of benzene rings is 1. The Morgan fingerprint density at radius 3 is 2.89 bits per heavy atom. The highest BCUT2D eigenvalue weighted by molar-refractivity contribution is 5.92. The van der Waals surface area contributed by atoms with Crippen LogP contribution in [0.3, 0.4) is 0 Å². The first-order chi connectivity index (χ1) is 13.0. The molecule has 1 saturated heterocycles. The van der Waals surface area contributed by atoms with Gasteiger partial charge in [0, 0.05) is 35.4 Å². The number of carbonyl (C=O) groups is 2. The van der Waals surface area contributed by atoms with Crippen LogP contribution < -0.4 is 5.73 Å². The number of aromatic nitrogens is 1. The molecule has 1 spiro atoms. The molecule has 2 unspecified atom stereocenters. The molecule has 27 heavy (non-hydrogen) atoms. The first-order valence-electron chi connectivity index (χ1n) is 9.73. The number of para-hydroxylation sites is 1. The predicted molar refractivity (Wildman–Crippen MR) is 101 cm³/mol. The molecule has 3 heterocycles. The minimum atomic E-state index is -0.567. The third-order valence-electron chi connectivity index (χ3n) is 7.29. The third-order valence-corrected chi connectivity index (χ3v) is 7.29. The van der Waals surface area contributed by atoms with E-state index in [4.69, 9.17) is 10.5 Å². The number of carbonyl (C=O) groups excluding carboxylic acids is 2. The van der Waals surface area contributed by atoms with Crippen molar-refractivity contribution in [1.29, 1.82) is 0 Å². The van der Waals surface area contributed by atoms with E-state index in [9.17, 15) is 9.59 Å². The van der Waals surface area contributed by atoms with Crippen LogP contribution in [0.4, 0.5) is 0 Å². The number of fused-ring (bicyclic) bond motifs is 3. The zero-order valence-corrected chi connectivity index (χ0v) is 15.7. The van der Waals surface area contributed by atoms with Gasteiger partial charge in [0.15, 0.2) is 0 Å². The van der Waals surface area contributed by atoms with E-state index in [-0.39, 0.29) is 23.7 Å². The van der Waals surface area contributed by atoms with Gasteiger partial charge in [0.25, 0.3) is 0 Å². The van der Waals surface area contributed by atoms with Gasteiger partial charge in [-0.2, -0.15) is 0 Å². The second-order valence-corrected chi connectivity index (χ2v) is 8.35. The van der Waals surface area contributed by atoms with Gasteiger partial charge in [-0.05, 0) is 36.4 Å². The molecule has 2 fully saturated rings. The average molecular weight is 367 g/mol. The minimum absolute atomic E-state index is 0.0463. The average Bonchev–Trinajstić information content (AvgIpc) is 3.26. The van der Waals surface area contributed by atoms with E-state index in [0.717, 1.165) is 28.6 Å². The van der Waals surface area contributed by atoms with Crippen molar-refractivity contribution in [1.82, 2.24) is 9.88 Å². The molecule has 2 aliphatic heterocycles. The topological polar surface area (TPSA) is 88.4 Å². The summed E-state index contributed by atoms with van der Waals surface area (Å²) in [5.41, 5.74) is 8.98. The van der Waals surface area contributed by atoms with Crippen LogP contribution in [0.15, 0.2) is 24.3 Å². The maximum atomic E-state index is 13.1. The summed E-state index contributed by atoms with van der Waals surface area (Å²) in [6.07, 6.45) is 1.78. The Labute approximate surface area is 158 Å². The van der Waals surface area contributed by atoms with Gasteiger partial charge < -0.3 is 20.4 Å². The van der Waals surface area contributed by atoms with E-state index >= 15 is 0 Å². The molecule has 1 amide bonds. The minimum Gasteiger partial charge on any atom is -0.467 e. The van der Waals surface area contributed by atoms with Crippen LogP contribution in [0, 0.1) is 17.8 Å². The SMILES string of the molecule is COC(=O)C1Cc2c([nH]c3ccccc23)C23C[C@H](C)[C@@H](CN)[C@@H]2CC(=O)N13. The number of hydrogen-bond donors (Lipinski definition) is 2. The van der Waals surface area contributed by atoms with Crippen molar-refractivity contribution in [3.63, 3.8) is 0 Å². The number of nitrogens with one attached hydrogen (secondary N) is 1. The molecule has 1 aromatic heterocycles. The number of amides is 1. The van der Waals surface area contributed by atoms with Gasteiger partial charge in [0.1, 0.15) is 6.04 Å². The second kappa shape index (κ2) is 5.58. The fourth-order valence-electron chi connectivity index (χ4n) is 6.30. The number of H-pyrrole nitrogens is 1. The summed E-state index contributed by atoms with van der Waals surface area (Å²) in [4.78, 5) is 31.3. The van der Waals surface area contributed by atoms with Crippen LogP contribution in [-0.4, -0.2) is 41.5 Å². The fourth-order valence-corrected chi connectivity index (χ4v) is 6.30. The van der Waals surface area contributed by atoms with Crippen molar-refractivity contribution in [2.75, 3.05) is 13.7 Å². The molecule has 0 bridgehead atoms. The number of ether oxygens (including phenoxy) is 1. The van der Waals surface area contributed by atoms with Gasteiger partial charge >= 0.3 is 5.97 Å². The van der Waals surface area contributed by atoms with E-state index in [0.29, 0.717) is 25.3 Å². The molecule has 1 saturated carbocycles. The molecular weight excluding hydrogens is 342 g/mol. The summed E-state index contributed by atoms with van der Waals surface area (Å²) in [6.45, 7) is 2.78. The van der Waals surface area contributed by atoms with Gasteiger partial charge in [-0.25, -0.2) is 4.79 Å². The summed E-state index contributed by atoms with van der Waals surface area (Å²) in [7, 11) is 1.40. The number of nitrogens with two attached hydrogens (primary N) is 1. The van der Waals surface area contributed by atoms with Crippen LogP contribution in [0.25, 0.3) is 10.9 Å². The Morgan fingerprint density at radius 2 is 2.15 bits per heavy atom. The third kappa shape index (κ3) is 1.94. The number of aromatic amines is 1. The van der Waals surface area contributed by atoms with Crippen molar-refractivity contribution in [3.05, 3.63) is 35.5 Å². The van der Waals surface area contributed by atoms with E-state index in [1.165, 1.54) is 7.11 Å². The molecule has 2 aromatic rings. The lowest BCUT2D eigenvalue weighted by Crippen LogP contribution is -2.58. The summed E-state index contributed by atoms with van der Waals surface area (Å²) in [5, 5.41) is 1.14. The highest BCUT2D eigenvalue weighted by Gasteiger charge is 2.66. The zero-order chi connectivity index (χ0) is 18.9. The number of nitrogens with zero attached hydrogens (tertiary/aromatic N) is 1. The molecule has 6 heteroatoms. The largest absolute Gasteiger partial charge is 0.467 e. The number of methoxy groups -OCH3 is 1. The van der Waals surface area contributed by atoms with Gasteiger partial charge in [-0.3, -0.25) is 4.79 Å². The zero-order valence-electron chi connectivity index (χ0n) is 15.7. The second-order valence-electron chi connectivity index (χ2n) is 8.35. The molecule has 142 valence electrons. The van der Waals surface area contributed by atoms with E-state index in [1.807, 2.05) is 17.0 Å². The van der Waals surface area contributed by atoms with Crippen molar-refractivity contribution in [3.8, 4) is 0 Å². The summed E-state index contributed by atoms with van der Waals surface area (Å²) >= 11 is 0. The van der Waals surface area contributed by atoms with E-state index < -0.39 is 11.6 Å². The fraction of sp³-hybridized carbons (Fsp3) is 0.524. The molecular formula is C21H25N3O3. The summed E-state index contributed by atoms with van der Waals surface area (Å²) in [5.74, 6) is 0.512. The monoisotopic (exact) mass is 367 g/mol. The van der Waals surface area contributed by atoms with Gasteiger partial charge in [-0.1, -0.05) is 25.1 Å². The quantitative estimate of drug-likeness (QED) is 0.794. The Bertz CT molecular complexity index is 951. The Kier molecular flexibility index (Phi) is 3.47. The maximum absolute atomic E-state index is 13.1. The van der Waals surface area contributed by atoms with Crippen molar-refractivity contribution >= 4 is 22.8 Å². The molecule has 1 aromatic carbocycles. The number of esters is 1. The van der Waals surface area contributed by atoms with Crippen LogP contribution in [-0.2, 0) is 26.3 Å². The Morgan fingerprint density at radius 1 is 1.37 bits per heavy atom. The summed E-state index contributed by atoms with van der Waals surface area (Å²) in [6, 6.07) is 7.62. The molecule has 0 radical (unpaired) electrons. The number of rotatable bonds is 2.